The van der Waals surface area contributed by atoms with E-state index in [1.165, 1.54) is 12.1 Å². The van der Waals surface area contributed by atoms with Crippen LogP contribution in [0.4, 0.5) is 0 Å². The summed E-state index contributed by atoms with van der Waals surface area (Å²) in [5.74, 6) is -2.00. The lowest BCUT2D eigenvalue weighted by Crippen LogP contribution is -2.33. The number of hydroxylamine groups is 2. The van der Waals surface area contributed by atoms with Crippen molar-refractivity contribution in [3.05, 3.63) is 70.8 Å². The number of benzene rings is 2. The topological polar surface area (TPSA) is 66.9 Å². The molecule has 1 aliphatic rings. The van der Waals surface area contributed by atoms with Gasteiger partial charge in [-0.05, 0) is 37.9 Å². The van der Waals surface area contributed by atoms with Crippen LogP contribution >= 0.6 is 0 Å². The first kappa shape index (κ1) is 15.9. The van der Waals surface area contributed by atoms with Gasteiger partial charge in [0.1, 0.15) is 0 Å². The van der Waals surface area contributed by atoms with Crippen molar-refractivity contribution in [3.63, 3.8) is 0 Å². The maximum atomic E-state index is 12.5. The highest BCUT2D eigenvalue weighted by molar-refractivity contribution is 6.21. The van der Waals surface area contributed by atoms with Gasteiger partial charge in [0.05, 0.1) is 16.7 Å². The third kappa shape index (κ3) is 2.79. The van der Waals surface area contributed by atoms with Gasteiger partial charge < -0.3 is 9.74 Å². The van der Waals surface area contributed by atoms with Crippen LogP contribution in [0.2, 0.25) is 0 Å². The number of fused-ring (bicyclic) bond motifs is 1. The summed E-state index contributed by atoms with van der Waals surface area (Å²) < 4.78 is 0. The Morgan fingerprint density at radius 1 is 0.958 bits per heavy atom. The maximum absolute atomic E-state index is 12.5. The highest BCUT2D eigenvalue weighted by atomic mass is 16.7. The number of carbonyl (C=O) groups excluding carboxylic acids is 3. The molecule has 2 amide bonds. The fourth-order valence-corrected chi connectivity index (χ4v) is 2.58. The van der Waals surface area contributed by atoms with Crippen molar-refractivity contribution in [2.24, 2.45) is 0 Å². The van der Waals surface area contributed by atoms with Crippen molar-refractivity contribution in [1.82, 2.24) is 9.96 Å². The summed E-state index contributed by atoms with van der Waals surface area (Å²) in [6.07, 6.45) is 0. The molecule has 0 fully saturated rings. The predicted octanol–water partition coefficient (Wildman–Crippen LogP) is 2.12. The van der Waals surface area contributed by atoms with Crippen LogP contribution < -0.4 is 0 Å². The molecule has 0 saturated heterocycles. The fourth-order valence-electron chi connectivity index (χ4n) is 2.58. The average molecular weight is 324 g/mol. The molecule has 0 radical (unpaired) electrons. The van der Waals surface area contributed by atoms with Gasteiger partial charge in [-0.2, -0.15) is 0 Å². The van der Waals surface area contributed by atoms with Crippen LogP contribution in [0.1, 0.15) is 36.6 Å². The molecule has 0 aromatic heterocycles. The summed E-state index contributed by atoms with van der Waals surface area (Å²) in [4.78, 5) is 44.0. The van der Waals surface area contributed by atoms with E-state index >= 15 is 0 Å². The van der Waals surface area contributed by atoms with Crippen LogP contribution in [0.5, 0.6) is 0 Å². The van der Waals surface area contributed by atoms with Crippen molar-refractivity contribution < 1.29 is 19.2 Å². The number of imide groups is 1. The quantitative estimate of drug-likeness (QED) is 0.806. The molecule has 0 unspecified atom stereocenters. The standard InChI is InChI=1S/C18H16N2O4/c1-19(2)11-12-7-3-4-8-13(12)18(23)24-20-16(21)14-9-5-6-10-15(14)17(20)22/h3-10H,11H2,1-2H3. The van der Waals surface area contributed by atoms with Crippen LogP contribution in [-0.4, -0.2) is 41.8 Å². The van der Waals surface area contributed by atoms with Crippen molar-refractivity contribution in [1.29, 1.82) is 0 Å². The Kier molecular flexibility index (Phi) is 4.14. The van der Waals surface area contributed by atoms with E-state index in [-0.39, 0.29) is 11.1 Å². The van der Waals surface area contributed by atoms with Crippen molar-refractivity contribution in [2.75, 3.05) is 14.1 Å². The first-order valence-electron chi connectivity index (χ1n) is 7.42. The summed E-state index contributed by atoms with van der Waals surface area (Å²) in [5.41, 5.74) is 1.54. The van der Waals surface area contributed by atoms with E-state index in [9.17, 15) is 14.4 Å². The van der Waals surface area contributed by atoms with E-state index in [0.717, 1.165) is 5.56 Å². The molecule has 24 heavy (non-hydrogen) atoms. The molecule has 1 aliphatic heterocycles. The second-order valence-corrected chi connectivity index (χ2v) is 5.72. The van der Waals surface area contributed by atoms with E-state index in [1.807, 2.05) is 25.1 Å². The van der Waals surface area contributed by atoms with E-state index in [1.54, 1.807) is 30.3 Å². The van der Waals surface area contributed by atoms with Gasteiger partial charge in [0.25, 0.3) is 11.8 Å². The van der Waals surface area contributed by atoms with E-state index < -0.39 is 17.8 Å². The number of hydrogen-bond acceptors (Lipinski definition) is 5. The zero-order valence-electron chi connectivity index (χ0n) is 13.4. The van der Waals surface area contributed by atoms with Crippen molar-refractivity contribution in [2.45, 2.75) is 6.54 Å². The third-order valence-corrected chi connectivity index (χ3v) is 3.65. The lowest BCUT2D eigenvalue weighted by atomic mass is 10.1. The Morgan fingerprint density at radius 2 is 1.50 bits per heavy atom. The van der Waals surface area contributed by atoms with Crippen LogP contribution in [0.25, 0.3) is 0 Å². The molecule has 0 saturated carbocycles. The second-order valence-electron chi connectivity index (χ2n) is 5.72. The first-order chi connectivity index (χ1) is 11.5. The molecule has 6 heteroatoms. The van der Waals surface area contributed by atoms with Crippen LogP contribution in [0, 0.1) is 0 Å². The third-order valence-electron chi connectivity index (χ3n) is 3.65. The fraction of sp³-hybridized carbons (Fsp3) is 0.167. The van der Waals surface area contributed by atoms with Gasteiger partial charge in [0, 0.05) is 6.54 Å². The predicted molar refractivity (Wildman–Crippen MR) is 86.2 cm³/mol. The van der Waals surface area contributed by atoms with Gasteiger partial charge in [0.2, 0.25) is 0 Å². The van der Waals surface area contributed by atoms with Gasteiger partial charge in [-0.1, -0.05) is 35.4 Å². The lowest BCUT2D eigenvalue weighted by molar-refractivity contribution is -0.0585. The molecule has 0 aliphatic carbocycles. The van der Waals surface area contributed by atoms with Gasteiger partial charge in [0.15, 0.2) is 0 Å². The minimum Gasteiger partial charge on any atom is -0.324 e. The number of rotatable bonds is 4. The van der Waals surface area contributed by atoms with E-state index in [2.05, 4.69) is 0 Å². The minimum absolute atomic E-state index is 0.233. The summed E-state index contributed by atoms with van der Waals surface area (Å²) in [7, 11) is 3.76. The zero-order chi connectivity index (χ0) is 17.3. The molecule has 1 heterocycles. The Labute approximate surface area is 139 Å². The Balaban J connectivity index is 1.84. The SMILES string of the molecule is CN(C)Cc1ccccc1C(=O)ON1C(=O)c2ccccc2C1=O. The van der Waals surface area contributed by atoms with Crippen molar-refractivity contribution in [3.8, 4) is 0 Å². The number of nitrogens with zero attached hydrogens (tertiary/aromatic N) is 2. The number of amides is 2. The summed E-state index contributed by atoms with van der Waals surface area (Å²) in [5, 5.41) is 0.527. The smallest absolute Gasteiger partial charge is 0.324 e. The summed E-state index contributed by atoms with van der Waals surface area (Å²) in [6.45, 7) is 0.535. The molecule has 0 N–H and O–H groups in total. The van der Waals surface area contributed by atoms with Gasteiger partial charge in [-0.15, -0.1) is 0 Å². The Bertz CT molecular complexity index is 794. The molecule has 6 nitrogen and oxygen atoms in total. The maximum Gasteiger partial charge on any atom is 0.364 e. The molecular weight excluding hydrogens is 308 g/mol. The first-order valence-corrected chi connectivity index (χ1v) is 7.42. The Morgan fingerprint density at radius 3 is 2.08 bits per heavy atom. The Hall–Kier alpha value is -2.99. The molecule has 0 bridgehead atoms. The number of hydrogen-bond donors (Lipinski definition) is 0. The summed E-state index contributed by atoms with van der Waals surface area (Å²) >= 11 is 0. The highest BCUT2D eigenvalue weighted by Crippen LogP contribution is 2.24. The molecule has 2 aromatic carbocycles. The molecule has 2 aromatic rings. The molecule has 122 valence electrons. The lowest BCUT2D eigenvalue weighted by Gasteiger charge is -2.16. The largest absolute Gasteiger partial charge is 0.364 e. The molecule has 0 spiro atoms. The van der Waals surface area contributed by atoms with E-state index in [0.29, 0.717) is 17.2 Å². The molecule has 3 rings (SSSR count). The highest BCUT2D eigenvalue weighted by Gasteiger charge is 2.38. The average Bonchev–Trinajstić information content (AvgIpc) is 2.80. The number of carbonyl (C=O) groups is 3. The van der Waals surface area contributed by atoms with Crippen LogP contribution in [0.15, 0.2) is 48.5 Å². The minimum atomic E-state index is -0.734. The summed E-state index contributed by atoms with van der Waals surface area (Å²) in [6, 6.07) is 13.3. The van der Waals surface area contributed by atoms with Crippen molar-refractivity contribution >= 4 is 17.8 Å². The molecule has 0 atom stereocenters. The van der Waals surface area contributed by atoms with Gasteiger partial charge in [-0.3, -0.25) is 9.59 Å². The van der Waals surface area contributed by atoms with E-state index in [4.69, 9.17) is 4.84 Å². The zero-order valence-corrected chi connectivity index (χ0v) is 13.4. The molecular formula is C18H16N2O4. The second kappa shape index (κ2) is 6.25. The van der Waals surface area contributed by atoms with Gasteiger partial charge in [-0.25, -0.2) is 4.79 Å². The monoisotopic (exact) mass is 324 g/mol. The van der Waals surface area contributed by atoms with Crippen LogP contribution in [-0.2, 0) is 11.4 Å². The van der Waals surface area contributed by atoms with Crippen LogP contribution in [0.3, 0.4) is 0 Å². The normalized spacial score (nSPS) is 13.4. The van der Waals surface area contributed by atoms with Gasteiger partial charge >= 0.3 is 5.97 Å².